The maximum atomic E-state index is 4.69. The van der Waals surface area contributed by atoms with E-state index in [2.05, 4.69) is 25.8 Å². The van der Waals surface area contributed by atoms with E-state index in [-0.39, 0.29) is 0 Å². The third-order valence-electron chi connectivity index (χ3n) is 2.42. The lowest BCUT2D eigenvalue weighted by Gasteiger charge is -2.26. The first kappa shape index (κ1) is 12.9. The summed E-state index contributed by atoms with van der Waals surface area (Å²) in [6, 6.07) is 0. The normalized spacial score (nSPS) is 19.4. The Balaban J connectivity index is 0.000000252. The Labute approximate surface area is 83.3 Å². The number of ether oxygens (including phenoxy) is 1. The Morgan fingerprint density at radius 3 is 2.08 bits per heavy atom. The first-order valence-electron chi connectivity index (χ1n) is 5.38. The zero-order valence-corrected chi connectivity index (χ0v) is 9.68. The fourth-order valence-electron chi connectivity index (χ4n) is 1.34. The lowest BCUT2D eigenvalue weighted by Crippen LogP contribution is -2.28. The molecule has 0 amide bonds. The Morgan fingerprint density at radius 2 is 1.85 bits per heavy atom. The lowest BCUT2D eigenvalue weighted by molar-refractivity contribution is 0.199. The average Bonchev–Trinajstić information content (AvgIpc) is 2.13. The van der Waals surface area contributed by atoms with Gasteiger partial charge in [0.15, 0.2) is 0 Å². The number of hydrogen-bond donors (Lipinski definition) is 0. The van der Waals surface area contributed by atoms with Crippen LogP contribution in [0.5, 0.6) is 0 Å². The van der Waals surface area contributed by atoms with Crippen LogP contribution in [0.3, 0.4) is 0 Å². The molecule has 0 atom stereocenters. The molecule has 0 N–H and O–H groups in total. The van der Waals surface area contributed by atoms with E-state index >= 15 is 0 Å². The Kier molecular flexibility index (Phi) is 8.46. The number of rotatable bonds is 2. The van der Waals surface area contributed by atoms with Crippen molar-refractivity contribution < 1.29 is 4.74 Å². The number of likely N-dealkylation sites (tertiary alicyclic amines) is 1. The smallest absolute Gasteiger partial charge is 0.0459 e. The Hall–Kier alpha value is -0.0800. The second-order valence-corrected chi connectivity index (χ2v) is 3.98. The highest BCUT2D eigenvalue weighted by Crippen LogP contribution is 2.13. The maximum Gasteiger partial charge on any atom is 0.0459 e. The molecule has 0 aromatic carbocycles. The SMILES string of the molecule is CC1CCN(C)CC1.CCCOC. The van der Waals surface area contributed by atoms with E-state index in [1.54, 1.807) is 7.11 Å². The van der Waals surface area contributed by atoms with Gasteiger partial charge < -0.3 is 9.64 Å². The fraction of sp³-hybridized carbons (Fsp3) is 1.00. The molecule has 0 bridgehead atoms. The van der Waals surface area contributed by atoms with Crippen LogP contribution in [0.25, 0.3) is 0 Å². The molecule has 1 saturated heterocycles. The summed E-state index contributed by atoms with van der Waals surface area (Å²) in [5.74, 6) is 0.978. The molecular weight excluding hydrogens is 162 g/mol. The van der Waals surface area contributed by atoms with Gasteiger partial charge in [-0.1, -0.05) is 13.8 Å². The second kappa shape index (κ2) is 8.52. The van der Waals surface area contributed by atoms with Gasteiger partial charge in [0.2, 0.25) is 0 Å². The topological polar surface area (TPSA) is 12.5 Å². The van der Waals surface area contributed by atoms with Crippen LogP contribution >= 0.6 is 0 Å². The van der Waals surface area contributed by atoms with Crippen molar-refractivity contribution in [3.05, 3.63) is 0 Å². The molecular formula is C11H25NO. The van der Waals surface area contributed by atoms with Crippen LogP contribution in [0.2, 0.25) is 0 Å². The number of nitrogens with zero attached hydrogens (tertiary/aromatic N) is 1. The molecule has 1 aliphatic rings. The number of hydrogen-bond acceptors (Lipinski definition) is 2. The highest BCUT2D eigenvalue weighted by molar-refractivity contribution is 4.65. The standard InChI is InChI=1S/C7H15N.C4H10O/c1-7-3-5-8(2)6-4-7;1-3-4-5-2/h7H,3-6H2,1-2H3;3-4H2,1-2H3. The molecule has 1 fully saturated rings. The highest BCUT2D eigenvalue weighted by atomic mass is 16.5. The summed E-state index contributed by atoms with van der Waals surface area (Å²) in [6.07, 6.45) is 3.92. The van der Waals surface area contributed by atoms with Crippen LogP contribution in [0, 0.1) is 5.92 Å². The van der Waals surface area contributed by atoms with Crippen molar-refractivity contribution in [1.82, 2.24) is 4.90 Å². The zero-order valence-electron chi connectivity index (χ0n) is 9.68. The van der Waals surface area contributed by atoms with Gasteiger partial charge >= 0.3 is 0 Å². The maximum absolute atomic E-state index is 4.69. The van der Waals surface area contributed by atoms with Crippen LogP contribution in [-0.4, -0.2) is 38.8 Å². The van der Waals surface area contributed by atoms with Crippen molar-refractivity contribution in [2.24, 2.45) is 5.92 Å². The van der Waals surface area contributed by atoms with Gasteiger partial charge in [-0.2, -0.15) is 0 Å². The molecule has 1 aliphatic heterocycles. The van der Waals surface area contributed by atoms with Crippen LogP contribution in [0.4, 0.5) is 0 Å². The quantitative estimate of drug-likeness (QED) is 0.658. The molecule has 0 radical (unpaired) electrons. The third-order valence-corrected chi connectivity index (χ3v) is 2.42. The van der Waals surface area contributed by atoms with Crippen LogP contribution in [0.15, 0.2) is 0 Å². The summed E-state index contributed by atoms with van der Waals surface area (Å²) in [5.41, 5.74) is 0. The van der Waals surface area contributed by atoms with E-state index in [4.69, 9.17) is 4.74 Å². The second-order valence-electron chi connectivity index (χ2n) is 3.98. The van der Waals surface area contributed by atoms with Crippen molar-refractivity contribution in [3.63, 3.8) is 0 Å². The highest BCUT2D eigenvalue weighted by Gasteiger charge is 2.10. The largest absolute Gasteiger partial charge is 0.385 e. The third kappa shape index (κ3) is 8.26. The molecule has 0 unspecified atom stereocenters. The van der Waals surface area contributed by atoms with E-state index in [0.29, 0.717) is 0 Å². The van der Waals surface area contributed by atoms with E-state index in [1.807, 2.05) is 0 Å². The summed E-state index contributed by atoms with van der Waals surface area (Å²) in [6.45, 7) is 7.93. The molecule has 2 heteroatoms. The Bertz CT molecular complexity index is 86.3. The van der Waals surface area contributed by atoms with E-state index in [9.17, 15) is 0 Å². The summed E-state index contributed by atoms with van der Waals surface area (Å²) < 4.78 is 4.69. The van der Waals surface area contributed by atoms with Crippen molar-refractivity contribution in [2.75, 3.05) is 33.9 Å². The molecule has 0 spiro atoms. The van der Waals surface area contributed by atoms with Crippen LogP contribution < -0.4 is 0 Å². The first-order valence-corrected chi connectivity index (χ1v) is 5.38. The molecule has 0 aromatic heterocycles. The minimum atomic E-state index is 0.889. The van der Waals surface area contributed by atoms with E-state index in [0.717, 1.165) is 18.9 Å². The summed E-state index contributed by atoms with van der Waals surface area (Å²) in [7, 11) is 3.91. The fourth-order valence-corrected chi connectivity index (χ4v) is 1.34. The zero-order chi connectivity index (χ0) is 10.1. The summed E-state index contributed by atoms with van der Waals surface area (Å²) in [5, 5.41) is 0. The molecule has 2 nitrogen and oxygen atoms in total. The van der Waals surface area contributed by atoms with Gasteiger partial charge in [0.25, 0.3) is 0 Å². The van der Waals surface area contributed by atoms with Gasteiger partial charge in [-0.25, -0.2) is 0 Å². The van der Waals surface area contributed by atoms with Crippen LogP contribution in [0.1, 0.15) is 33.1 Å². The van der Waals surface area contributed by atoms with Gasteiger partial charge in [-0.15, -0.1) is 0 Å². The van der Waals surface area contributed by atoms with Gasteiger partial charge in [0.05, 0.1) is 0 Å². The first-order chi connectivity index (χ1) is 6.20. The summed E-state index contributed by atoms with van der Waals surface area (Å²) >= 11 is 0. The van der Waals surface area contributed by atoms with Crippen molar-refractivity contribution in [1.29, 1.82) is 0 Å². The Morgan fingerprint density at radius 1 is 1.31 bits per heavy atom. The van der Waals surface area contributed by atoms with Crippen molar-refractivity contribution >= 4 is 0 Å². The van der Waals surface area contributed by atoms with Gasteiger partial charge in [0, 0.05) is 13.7 Å². The van der Waals surface area contributed by atoms with Crippen LogP contribution in [-0.2, 0) is 4.74 Å². The average molecular weight is 187 g/mol. The lowest BCUT2D eigenvalue weighted by atomic mass is 10.00. The molecule has 1 rings (SSSR count). The number of piperidine rings is 1. The molecule has 0 aromatic rings. The molecule has 0 aliphatic carbocycles. The minimum Gasteiger partial charge on any atom is -0.385 e. The van der Waals surface area contributed by atoms with Gasteiger partial charge in [-0.05, 0) is 45.3 Å². The molecule has 1 heterocycles. The predicted molar refractivity (Wildman–Crippen MR) is 58.1 cm³/mol. The van der Waals surface area contributed by atoms with Crippen molar-refractivity contribution in [3.8, 4) is 0 Å². The molecule has 80 valence electrons. The van der Waals surface area contributed by atoms with Crippen molar-refractivity contribution in [2.45, 2.75) is 33.1 Å². The predicted octanol–water partition coefficient (Wildman–Crippen LogP) is 2.39. The summed E-state index contributed by atoms with van der Waals surface area (Å²) in [4.78, 5) is 2.40. The molecule has 13 heavy (non-hydrogen) atoms. The van der Waals surface area contributed by atoms with E-state index < -0.39 is 0 Å². The monoisotopic (exact) mass is 187 g/mol. The minimum absolute atomic E-state index is 0.889. The van der Waals surface area contributed by atoms with Gasteiger partial charge in [0.1, 0.15) is 0 Å². The number of methoxy groups -OCH3 is 1. The molecule has 0 saturated carbocycles. The van der Waals surface area contributed by atoms with Gasteiger partial charge in [-0.3, -0.25) is 0 Å². The van der Waals surface area contributed by atoms with E-state index in [1.165, 1.54) is 25.9 Å².